The number of carboxylic acids is 1. The van der Waals surface area contributed by atoms with Crippen molar-refractivity contribution < 1.29 is 19.4 Å². The highest BCUT2D eigenvalue weighted by Gasteiger charge is 2.35. The van der Waals surface area contributed by atoms with E-state index in [1.165, 1.54) is 11.3 Å². The Morgan fingerprint density at radius 1 is 1.58 bits per heavy atom. The highest BCUT2D eigenvalue weighted by atomic mass is 32.2. The molecule has 2 amide bonds. The molecule has 0 aromatic heterocycles. The van der Waals surface area contributed by atoms with E-state index in [0.717, 1.165) is 12.2 Å². The smallest absolute Gasteiger partial charge is 0.328 e. The first kappa shape index (κ1) is 14.5. The fraction of sp³-hybridized carbons (Fsp3) is 0.833. The first-order valence-corrected chi connectivity index (χ1v) is 7.49. The van der Waals surface area contributed by atoms with Gasteiger partial charge in [0.15, 0.2) is 6.04 Å². The maximum Gasteiger partial charge on any atom is 0.328 e. The summed E-state index contributed by atoms with van der Waals surface area (Å²) >= 11 is 1.87. The topological polar surface area (TPSA) is 78.9 Å². The third kappa shape index (κ3) is 3.54. The van der Waals surface area contributed by atoms with Gasteiger partial charge in [-0.05, 0) is 25.5 Å². The molecule has 2 aliphatic rings. The minimum atomic E-state index is -1.02. The third-order valence-corrected chi connectivity index (χ3v) is 5.13. The highest BCUT2D eigenvalue weighted by Crippen LogP contribution is 2.36. The van der Waals surface area contributed by atoms with E-state index in [0.29, 0.717) is 19.7 Å². The van der Waals surface area contributed by atoms with Gasteiger partial charge in [0.2, 0.25) is 0 Å². The van der Waals surface area contributed by atoms with Crippen LogP contribution in [0.4, 0.5) is 4.79 Å². The normalized spacial score (nSPS) is 31.2. The van der Waals surface area contributed by atoms with Crippen molar-refractivity contribution in [3.05, 3.63) is 0 Å². The molecule has 6 nitrogen and oxygen atoms in total. The molecular formula is C12H20N2O4S. The van der Waals surface area contributed by atoms with Gasteiger partial charge in [-0.3, -0.25) is 0 Å². The van der Waals surface area contributed by atoms with E-state index < -0.39 is 12.0 Å². The second-order valence-corrected chi connectivity index (χ2v) is 6.87. The van der Waals surface area contributed by atoms with Crippen LogP contribution in [0.15, 0.2) is 0 Å². The highest BCUT2D eigenvalue weighted by molar-refractivity contribution is 8.00. The van der Waals surface area contributed by atoms with Crippen LogP contribution in [-0.2, 0) is 9.53 Å². The van der Waals surface area contributed by atoms with E-state index in [9.17, 15) is 9.59 Å². The Balaban J connectivity index is 1.89. The monoisotopic (exact) mass is 288 g/mol. The molecule has 2 saturated heterocycles. The Bertz CT molecular complexity index is 358. The molecule has 2 heterocycles. The average molecular weight is 288 g/mol. The van der Waals surface area contributed by atoms with Crippen LogP contribution in [0.3, 0.4) is 0 Å². The van der Waals surface area contributed by atoms with Crippen LogP contribution in [0.5, 0.6) is 0 Å². The molecule has 0 spiro atoms. The zero-order chi connectivity index (χ0) is 13.9. The maximum atomic E-state index is 12.1. The molecule has 19 heavy (non-hydrogen) atoms. The number of hydrogen-bond acceptors (Lipinski definition) is 4. The van der Waals surface area contributed by atoms with Crippen molar-refractivity contribution in [1.29, 1.82) is 0 Å². The molecule has 7 heteroatoms. The second-order valence-electron chi connectivity index (χ2n) is 5.18. The SMILES string of the molecule is CC1(CNC(=O)N2CCOCC2C(=O)O)CCCS1. The van der Waals surface area contributed by atoms with E-state index >= 15 is 0 Å². The molecule has 2 fully saturated rings. The minimum Gasteiger partial charge on any atom is -0.480 e. The van der Waals surface area contributed by atoms with Crippen LogP contribution in [0.25, 0.3) is 0 Å². The third-order valence-electron chi connectivity index (χ3n) is 3.59. The summed E-state index contributed by atoms with van der Waals surface area (Å²) in [5.41, 5.74) is 0. The number of carbonyl (C=O) groups is 2. The zero-order valence-corrected chi connectivity index (χ0v) is 11.9. The van der Waals surface area contributed by atoms with Crippen molar-refractivity contribution in [3.63, 3.8) is 0 Å². The molecule has 2 unspecified atom stereocenters. The van der Waals surface area contributed by atoms with Crippen molar-refractivity contribution in [2.45, 2.75) is 30.6 Å². The number of nitrogens with one attached hydrogen (secondary N) is 1. The molecule has 2 aliphatic heterocycles. The van der Waals surface area contributed by atoms with Crippen molar-refractivity contribution in [2.75, 3.05) is 32.1 Å². The number of carbonyl (C=O) groups excluding carboxylic acids is 1. The molecule has 0 bridgehead atoms. The van der Waals surface area contributed by atoms with E-state index in [1.807, 2.05) is 11.8 Å². The van der Waals surface area contributed by atoms with Gasteiger partial charge in [-0.25, -0.2) is 9.59 Å². The number of aliphatic carboxylic acids is 1. The predicted molar refractivity (Wildman–Crippen MR) is 72.4 cm³/mol. The molecule has 2 N–H and O–H groups in total. The minimum absolute atomic E-state index is 0.0643. The molecule has 0 radical (unpaired) electrons. The standard InChI is InChI=1S/C12H20N2O4S/c1-12(3-2-6-19-12)8-13-11(17)14-4-5-18-7-9(14)10(15)16/h9H,2-8H2,1H3,(H,13,17)(H,15,16). The summed E-state index contributed by atoms with van der Waals surface area (Å²) in [4.78, 5) is 24.5. The van der Waals surface area contributed by atoms with Crippen molar-refractivity contribution in [2.24, 2.45) is 0 Å². The lowest BCUT2D eigenvalue weighted by Crippen LogP contribution is -2.56. The van der Waals surface area contributed by atoms with Crippen LogP contribution >= 0.6 is 11.8 Å². The number of nitrogens with zero attached hydrogens (tertiary/aromatic N) is 1. The lowest BCUT2D eigenvalue weighted by atomic mass is 10.1. The number of carboxylic acid groups (broad SMARTS) is 1. The Morgan fingerprint density at radius 2 is 2.37 bits per heavy atom. The molecule has 2 rings (SSSR count). The number of amides is 2. The first-order valence-electron chi connectivity index (χ1n) is 6.51. The van der Waals surface area contributed by atoms with Gasteiger partial charge >= 0.3 is 12.0 Å². The van der Waals surface area contributed by atoms with Crippen molar-refractivity contribution >= 4 is 23.8 Å². The largest absolute Gasteiger partial charge is 0.480 e. The quantitative estimate of drug-likeness (QED) is 0.802. The molecule has 2 atom stereocenters. The fourth-order valence-corrected chi connectivity index (χ4v) is 3.64. The summed E-state index contributed by atoms with van der Waals surface area (Å²) in [6, 6.07) is -1.18. The van der Waals surface area contributed by atoms with Crippen LogP contribution in [0.1, 0.15) is 19.8 Å². The lowest BCUT2D eigenvalue weighted by Gasteiger charge is -2.34. The van der Waals surface area contributed by atoms with E-state index in [-0.39, 0.29) is 17.4 Å². The molecule has 0 aromatic rings. The Morgan fingerprint density at radius 3 is 3.00 bits per heavy atom. The van der Waals surface area contributed by atoms with E-state index in [2.05, 4.69) is 12.2 Å². The second kappa shape index (κ2) is 6.00. The van der Waals surface area contributed by atoms with Crippen molar-refractivity contribution in [3.8, 4) is 0 Å². The van der Waals surface area contributed by atoms with Gasteiger partial charge in [-0.15, -0.1) is 0 Å². The molecular weight excluding hydrogens is 268 g/mol. The van der Waals surface area contributed by atoms with E-state index in [4.69, 9.17) is 9.84 Å². The van der Waals surface area contributed by atoms with Gasteiger partial charge in [0.1, 0.15) is 0 Å². The van der Waals surface area contributed by atoms with Gasteiger partial charge in [0.05, 0.1) is 13.2 Å². The molecule has 0 aromatic carbocycles. The van der Waals surface area contributed by atoms with Crippen LogP contribution < -0.4 is 5.32 Å². The summed E-state index contributed by atoms with van der Waals surface area (Å²) in [6.45, 7) is 3.50. The Labute approximate surface area is 116 Å². The predicted octanol–water partition coefficient (Wildman–Crippen LogP) is 0.767. The zero-order valence-electron chi connectivity index (χ0n) is 11.1. The number of rotatable bonds is 3. The number of thioether (sulfide) groups is 1. The Hall–Kier alpha value is -0.950. The van der Waals surface area contributed by atoms with Gasteiger partial charge in [0.25, 0.3) is 0 Å². The van der Waals surface area contributed by atoms with E-state index in [1.54, 1.807) is 0 Å². The molecule has 0 aliphatic carbocycles. The number of urea groups is 1. The first-order chi connectivity index (χ1) is 9.02. The summed E-state index contributed by atoms with van der Waals surface area (Å²) < 4.78 is 5.20. The fourth-order valence-electron chi connectivity index (χ4n) is 2.39. The maximum absolute atomic E-state index is 12.1. The van der Waals surface area contributed by atoms with Gasteiger partial charge in [0, 0.05) is 17.8 Å². The van der Waals surface area contributed by atoms with Gasteiger partial charge in [-0.1, -0.05) is 0 Å². The number of hydrogen-bond donors (Lipinski definition) is 2. The summed E-state index contributed by atoms with van der Waals surface area (Å²) in [5.74, 6) is 0.109. The number of morpholine rings is 1. The average Bonchev–Trinajstić information content (AvgIpc) is 2.83. The molecule has 108 valence electrons. The summed E-state index contributed by atoms with van der Waals surface area (Å²) in [7, 11) is 0. The lowest BCUT2D eigenvalue weighted by molar-refractivity contribution is -0.147. The summed E-state index contributed by atoms with van der Waals surface area (Å²) in [6.07, 6.45) is 2.26. The van der Waals surface area contributed by atoms with Crippen molar-refractivity contribution in [1.82, 2.24) is 10.2 Å². The van der Waals surface area contributed by atoms with Crippen LogP contribution in [0.2, 0.25) is 0 Å². The van der Waals surface area contributed by atoms with Gasteiger partial charge < -0.3 is 20.1 Å². The van der Waals surface area contributed by atoms with Crippen LogP contribution in [-0.4, -0.2) is 64.9 Å². The number of ether oxygens (including phenoxy) is 1. The summed E-state index contributed by atoms with van der Waals surface area (Å²) in [5, 5.41) is 11.9. The molecule has 0 saturated carbocycles. The Kier molecular flexibility index (Phi) is 4.57. The van der Waals surface area contributed by atoms with Crippen LogP contribution in [0, 0.1) is 0 Å². The van der Waals surface area contributed by atoms with Gasteiger partial charge in [-0.2, -0.15) is 11.8 Å².